The van der Waals surface area contributed by atoms with Crippen LogP contribution in [0.15, 0.2) is 54.1 Å². The number of allylic oxidation sites excluding steroid dienone is 2. The molecule has 2 fully saturated rings. The smallest absolute Gasteiger partial charge is 0.238 e. The van der Waals surface area contributed by atoms with Crippen LogP contribution in [0.2, 0.25) is 0 Å². The van der Waals surface area contributed by atoms with Crippen LogP contribution in [0, 0.1) is 37.5 Å². The highest BCUT2D eigenvalue weighted by Crippen LogP contribution is 2.56. The lowest BCUT2D eigenvalue weighted by molar-refractivity contribution is -0.123. The Hall–Kier alpha value is -3.21. The number of imide groups is 1. The lowest BCUT2D eigenvalue weighted by Gasteiger charge is -2.21. The SMILES string of the molecule is CC1=C[C@H]2C[C@H]1[C@@H]1C(=O)N(c3ccccc3OCC(=O)c3ccc(C)c(C)c3)C(=O)[C@H]12. The van der Waals surface area contributed by atoms with Crippen molar-refractivity contribution in [2.75, 3.05) is 11.5 Å². The van der Waals surface area contributed by atoms with E-state index in [1.54, 1.807) is 30.3 Å². The number of fused-ring (bicyclic) bond motifs is 5. The summed E-state index contributed by atoms with van der Waals surface area (Å²) >= 11 is 0. The third-order valence-corrected chi connectivity index (χ3v) is 7.17. The predicted octanol–water partition coefficient (Wildman–Crippen LogP) is 4.27. The van der Waals surface area contributed by atoms with Gasteiger partial charge in [0.05, 0.1) is 17.5 Å². The van der Waals surface area contributed by atoms with Crippen LogP contribution in [0.4, 0.5) is 5.69 Å². The molecule has 2 bridgehead atoms. The van der Waals surface area contributed by atoms with Crippen molar-refractivity contribution in [3.8, 4) is 5.75 Å². The summed E-state index contributed by atoms with van der Waals surface area (Å²) in [7, 11) is 0. The standard InChI is InChI=1S/C26H25NO4/c1-14-8-9-17(10-15(14)2)21(28)13-31-22-7-5-4-6-20(22)27-25(29)23-18-11-16(3)19(12-18)24(23)26(27)30/h4-11,18-19,23-24H,12-13H2,1-3H3/t18-,19+,23-,24-/m0/s1. The van der Waals surface area contributed by atoms with Crippen molar-refractivity contribution in [2.24, 2.45) is 23.7 Å². The molecule has 5 rings (SSSR count). The van der Waals surface area contributed by atoms with Crippen LogP contribution in [-0.2, 0) is 9.59 Å². The van der Waals surface area contributed by atoms with E-state index in [0.29, 0.717) is 17.0 Å². The third-order valence-electron chi connectivity index (χ3n) is 7.17. The molecule has 0 N–H and O–H groups in total. The maximum atomic E-state index is 13.3. The average Bonchev–Trinajstić information content (AvgIpc) is 3.39. The van der Waals surface area contributed by atoms with Gasteiger partial charge in [-0.25, -0.2) is 4.90 Å². The van der Waals surface area contributed by atoms with Gasteiger partial charge in [0.1, 0.15) is 5.75 Å². The number of carbonyl (C=O) groups excluding carboxylic acids is 3. The first-order valence-electron chi connectivity index (χ1n) is 10.7. The first-order valence-corrected chi connectivity index (χ1v) is 10.7. The number of hydrogen-bond donors (Lipinski definition) is 0. The zero-order chi connectivity index (χ0) is 21.9. The van der Waals surface area contributed by atoms with Gasteiger partial charge in [0.25, 0.3) is 0 Å². The molecule has 0 aromatic heterocycles. The number of nitrogens with zero attached hydrogens (tertiary/aromatic N) is 1. The van der Waals surface area contributed by atoms with Gasteiger partial charge in [-0.3, -0.25) is 14.4 Å². The van der Waals surface area contributed by atoms with Gasteiger partial charge in [0.15, 0.2) is 12.4 Å². The van der Waals surface area contributed by atoms with Crippen molar-refractivity contribution in [3.05, 3.63) is 70.8 Å². The van der Waals surface area contributed by atoms with Crippen LogP contribution < -0.4 is 9.64 Å². The Morgan fingerprint density at radius 1 is 1.00 bits per heavy atom. The van der Waals surface area contributed by atoms with Crippen LogP contribution >= 0.6 is 0 Å². The van der Waals surface area contributed by atoms with E-state index in [0.717, 1.165) is 17.5 Å². The van der Waals surface area contributed by atoms with Gasteiger partial charge in [0.2, 0.25) is 11.8 Å². The summed E-state index contributed by atoms with van der Waals surface area (Å²) in [5.74, 6) is -0.301. The summed E-state index contributed by atoms with van der Waals surface area (Å²) < 4.78 is 5.84. The highest BCUT2D eigenvalue weighted by molar-refractivity contribution is 6.23. The van der Waals surface area contributed by atoms with Crippen molar-refractivity contribution in [3.63, 3.8) is 0 Å². The maximum absolute atomic E-state index is 13.3. The number of Topliss-reactive ketones (excluding diaryl/α,β-unsaturated/α-hetero) is 1. The van der Waals surface area contributed by atoms with Crippen LogP contribution in [0.5, 0.6) is 5.75 Å². The molecule has 4 atom stereocenters. The van der Waals surface area contributed by atoms with E-state index in [2.05, 4.69) is 13.0 Å². The number of para-hydroxylation sites is 2. The fourth-order valence-corrected chi connectivity index (χ4v) is 5.42. The number of ether oxygens (including phenoxy) is 1. The number of benzene rings is 2. The molecule has 1 saturated heterocycles. The Balaban J connectivity index is 1.38. The van der Waals surface area contributed by atoms with E-state index >= 15 is 0 Å². The van der Waals surface area contributed by atoms with Gasteiger partial charge < -0.3 is 4.74 Å². The molecular formula is C26H25NO4. The average molecular weight is 415 g/mol. The second-order valence-corrected chi connectivity index (χ2v) is 8.96. The summed E-state index contributed by atoms with van der Waals surface area (Å²) in [6, 6.07) is 12.5. The zero-order valence-corrected chi connectivity index (χ0v) is 17.9. The fourth-order valence-electron chi connectivity index (χ4n) is 5.42. The number of aryl methyl sites for hydroxylation is 2. The third kappa shape index (κ3) is 3.02. The highest BCUT2D eigenvalue weighted by Gasteiger charge is 2.61. The van der Waals surface area contributed by atoms with Gasteiger partial charge in [-0.2, -0.15) is 0 Å². The van der Waals surface area contributed by atoms with Crippen LogP contribution in [0.25, 0.3) is 0 Å². The number of anilines is 1. The summed E-state index contributed by atoms with van der Waals surface area (Å²) in [6.45, 7) is 5.86. The summed E-state index contributed by atoms with van der Waals surface area (Å²) in [5.41, 5.74) is 4.40. The fraction of sp³-hybridized carbons (Fsp3) is 0.346. The summed E-state index contributed by atoms with van der Waals surface area (Å²) in [5, 5.41) is 0. The lowest BCUT2D eigenvalue weighted by Crippen LogP contribution is -2.33. The molecule has 0 radical (unpaired) electrons. The number of ketones is 1. The van der Waals surface area contributed by atoms with Gasteiger partial charge >= 0.3 is 0 Å². The maximum Gasteiger partial charge on any atom is 0.238 e. The molecule has 2 aromatic carbocycles. The molecule has 2 aromatic rings. The molecule has 0 spiro atoms. The van der Waals surface area contributed by atoms with Crippen molar-refractivity contribution < 1.29 is 19.1 Å². The Morgan fingerprint density at radius 2 is 1.74 bits per heavy atom. The molecule has 158 valence electrons. The van der Waals surface area contributed by atoms with E-state index in [1.807, 2.05) is 26.0 Å². The van der Waals surface area contributed by atoms with E-state index in [4.69, 9.17) is 4.74 Å². The minimum Gasteiger partial charge on any atom is -0.483 e. The van der Waals surface area contributed by atoms with Crippen molar-refractivity contribution in [1.82, 2.24) is 0 Å². The molecule has 1 aliphatic heterocycles. The molecule has 2 amide bonds. The van der Waals surface area contributed by atoms with Crippen molar-refractivity contribution in [1.29, 1.82) is 0 Å². The first kappa shape index (κ1) is 19.7. The van der Waals surface area contributed by atoms with Crippen LogP contribution in [-0.4, -0.2) is 24.2 Å². The highest BCUT2D eigenvalue weighted by atomic mass is 16.5. The molecule has 0 unspecified atom stereocenters. The largest absolute Gasteiger partial charge is 0.483 e. The molecule has 31 heavy (non-hydrogen) atoms. The van der Waals surface area contributed by atoms with E-state index in [9.17, 15) is 14.4 Å². The second-order valence-electron chi connectivity index (χ2n) is 8.96. The molecule has 3 aliphatic rings. The summed E-state index contributed by atoms with van der Waals surface area (Å²) in [6.07, 6.45) is 3.06. The van der Waals surface area contributed by atoms with E-state index in [-0.39, 0.29) is 47.9 Å². The molecule has 5 nitrogen and oxygen atoms in total. The summed E-state index contributed by atoms with van der Waals surface area (Å²) in [4.78, 5) is 40.4. The normalized spacial score (nSPS) is 26.3. The van der Waals surface area contributed by atoms with Crippen molar-refractivity contribution >= 4 is 23.3 Å². The Bertz CT molecular complexity index is 1150. The Labute approximate surface area is 181 Å². The molecule has 5 heteroatoms. The van der Waals surface area contributed by atoms with Gasteiger partial charge in [-0.15, -0.1) is 0 Å². The molecule has 2 aliphatic carbocycles. The molecule has 1 saturated carbocycles. The Kier molecular flexibility index (Phi) is 4.58. The minimum atomic E-state index is -0.272. The number of carbonyl (C=O) groups is 3. The topological polar surface area (TPSA) is 63.7 Å². The van der Waals surface area contributed by atoms with E-state index in [1.165, 1.54) is 10.5 Å². The van der Waals surface area contributed by atoms with Gasteiger partial charge in [-0.05, 0) is 68.4 Å². The number of hydrogen-bond acceptors (Lipinski definition) is 4. The van der Waals surface area contributed by atoms with Gasteiger partial charge in [-0.1, -0.05) is 35.9 Å². The predicted molar refractivity (Wildman–Crippen MR) is 117 cm³/mol. The number of amides is 2. The zero-order valence-electron chi connectivity index (χ0n) is 17.9. The van der Waals surface area contributed by atoms with Crippen molar-refractivity contribution in [2.45, 2.75) is 27.2 Å². The quantitative estimate of drug-likeness (QED) is 0.416. The molecular weight excluding hydrogens is 390 g/mol. The molecule has 1 heterocycles. The minimum absolute atomic E-state index is 0.147. The second kappa shape index (κ2) is 7.19. The van der Waals surface area contributed by atoms with E-state index < -0.39 is 0 Å². The lowest BCUT2D eigenvalue weighted by atomic mass is 9.82. The van der Waals surface area contributed by atoms with Gasteiger partial charge in [0, 0.05) is 5.56 Å². The van der Waals surface area contributed by atoms with Crippen LogP contribution in [0.3, 0.4) is 0 Å². The first-order chi connectivity index (χ1) is 14.9. The number of rotatable bonds is 5. The van der Waals surface area contributed by atoms with Crippen LogP contribution in [0.1, 0.15) is 34.8 Å². The Morgan fingerprint density at radius 3 is 2.52 bits per heavy atom. The monoisotopic (exact) mass is 415 g/mol.